The van der Waals surface area contributed by atoms with E-state index in [4.69, 9.17) is 0 Å². The van der Waals surface area contributed by atoms with E-state index in [0.717, 1.165) is 40.2 Å². The summed E-state index contributed by atoms with van der Waals surface area (Å²) in [6, 6.07) is 8.06. The number of hydrogen-bond acceptors (Lipinski definition) is 9. The topological polar surface area (TPSA) is 128 Å². The van der Waals surface area contributed by atoms with Gasteiger partial charge in [-0.15, -0.1) is 16.4 Å². The molecule has 1 aromatic carbocycles. The third-order valence-electron chi connectivity index (χ3n) is 7.73. The highest BCUT2D eigenvalue weighted by Crippen LogP contribution is 2.59. The van der Waals surface area contributed by atoms with Gasteiger partial charge >= 0.3 is 0 Å². The summed E-state index contributed by atoms with van der Waals surface area (Å²) in [6.07, 6.45) is 8.48. The van der Waals surface area contributed by atoms with Crippen molar-refractivity contribution in [3.63, 3.8) is 0 Å². The Morgan fingerprint density at radius 2 is 1.92 bits per heavy atom. The molecule has 39 heavy (non-hydrogen) atoms. The molecule has 0 amide bonds. The first-order valence-corrected chi connectivity index (χ1v) is 14.2. The summed E-state index contributed by atoms with van der Waals surface area (Å²) < 4.78 is 2.09. The molecule has 0 aliphatic heterocycles. The maximum atomic E-state index is 10.0. The highest BCUT2D eigenvalue weighted by atomic mass is 32.1. The number of thiazole rings is 1. The predicted molar refractivity (Wildman–Crippen MR) is 151 cm³/mol. The second kappa shape index (κ2) is 9.32. The van der Waals surface area contributed by atoms with Crippen LogP contribution in [0.4, 0.5) is 11.4 Å². The van der Waals surface area contributed by atoms with E-state index in [1.165, 1.54) is 19.0 Å². The quantitative estimate of drug-likeness (QED) is 0.285. The second-order valence-corrected chi connectivity index (χ2v) is 12.8. The lowest BCUT2D eigenvalue weighted by Crippen LogP contribution is -2.20. The van der Waals surface area contributed by atoms with Gasteiger partial charge in [0.15, 0.2) is 0 Å². The van der Waals surface area contributed by atoms with E-state index < -0.39 is 0 Å². The van der Waals surface area contributed by atoms with E-state index in [9.17, 15) is 10.5 Å². The smallest absolute Gasteiger partial charge is 0.110 e. The Morgan fingerprint density at radius 1 is 1.15 bits per heavy atom. The van der Waals surface area contributed by atoms with Crippen LogP contribution >= 0.6 is 11.3 Å². The molecule has 3 heterocycles. The number of rotatable bonds is 8. The zero-order valence-electron chi connectivity index (χ0n) is 22.6. The zero-order chi connectivity index (χ0) is 27.4. The minimum absolute atomic E-state index is 0.00373. The van der Waals surface area contributed by atoms with Gasteiger partial charge in [-0.1, -0.05) is 26.0 Å². The van der Waals surface area contributed by atoms with E-state index in [1.807, 2.05) is 24.6 Å². The van der Waals surface area contributed by atoms with Crippen molar-refractivity contribution in [2.24, 2.45) is 11.3 Å². The molecule has 2 fully saturated rings. The van der Waals surface area contributed by atoms with Crippen LogP contribution in [0.25, 0.3) is 10.9 Å². The molecule has 0 bridgehead atoms. The van der Waals surface area contributed by atoms with E-state index in [2.05, 4.69) is 74.7 Å². The van der Waals surface area contributed by atoms with E-state index in [1.54, 1.807) is 11.3 Å². The maximum absolute atomic E-state index is 10.0. The van der Waals surface area contributed by atoms with Gasteiger partial charge < -0.3 is 10.6 Å². The fourth-order valence-corrected chi connectivity index (χ4v) is 6.19. The highest BCUT2D eigenvalue weighted by Gasteiger charge is 2.56. The fraction of sp³-hybridized carbons (Fsp3) is 0.448. The lowest BCUT2D eigenvalue weighted by Gasteiger charge is -2.22. The van der Waals surface area contributed by atoms with Gasteiger partial charge in [-0.2, -0.15) is 10.5 Å². The number of aromatic nitrogens is 5. The first-order valence-electron chi connectivity index (χ1n) is 13.3. The summed E-state index contributed by atoms with van der Waals surface area (Å²) in [5.41, 5.74) is 6.61. The molecule has 0 saturated heterocycles. The molecule has 0 unspecified atom stereocenters. The highest BCUT2D eigenvalue weighted by molar-refractivity contribution is 7.09. The minimum Gasteiger partial charge on any atom is -0.383 e. The Hall–Kier alpha value is -4.02. The number of nitrogens with one attached hydrogen (secondary N) is 2. The average molecular weight is 538 g/mol. The van der Waals surface area contributed by atoms with Crippen LogP contribution in [0.5, 0.6) is 0 Å². The molecular formula is C29H31N9S. The van der Waals surface area contributed by atoms with Crippen molar-refractivity contribution in [3.05, 3.63) is 57.4 Å². The van der Waals surface area contributed by atoms with Gasteiger partial charge in [-0.3, -0.25) is 4.98 Å². The Kier molecular flexibility index (Phi) is 6.04. The molecule has 0 radical (unpaired) electrons. The van der Waals surface area contributed by atoms with Gasteiger partial charge in [-0.25, -0.2) is 9.67 Å². The third kappa shape index (κ3) is 4.70. The van der Waals surface area contributed by atoms with Crippen LogP contribution in [0.15, 0.2) is 30.0 Å². The molecular weight excluding hydrogens is 506 g/mol. The Morgan fingerprint density at radius 3 is 2.54 bits per heavy atom. The molecule has 2 saturated carbocycles. The molecule has 6 rings (SSSR count). The molecule has 4 aromatic rings. The van der Waals surface area contributed by atoms with Crippen LogP contribution in [0.1, 0.15) is 79.9 Å². The van der Waals surface area contributed by atoms with Crippen LogP contribution in [0, 0.1) is 40.9 Å². The number of fused-ring (bicyclic) bond motifs is 1. The SMILES string of the molecule is Cc1ncsc1[C@H](Nc1cc(C#N)c2ncc(C#N)c(NCC(C)(C)C)c2c1)c1cn(C2(C3CC3)CC2)nn1. The molecule has 2 aliphatic rings. The van der Waals surface area contributed by atoms with Crippen LogP contribution in [0.3, 0.4) is 0 Å². The van der Waals surface area contributed by atoms with Crippen molar-refractivity contribution in [2.75, 3.05) is 17.2 Å². The van der Waals surface area contributed by atoms with Crippen molar-refractivity contribution < 1.29 is 0 Å². The molecule has 2 N–H and O–H groups in total. The fourth-order valence-electron chi connectivity index (χ4n) is 5.33. The normalized spacial score (nSPS) is 16.9. The lowest BCUT2D eigenvalue weighted by atomic mass is 9.96. The monoisotopic (exact) mass is 537 g/mol. The number of aryl methyl sites for hydroxylation is 1. The summed E-state index contributed by atoms with van der Waals surface area (Å²) in [6.45, 7) is 9.05. The Bertz CT molecular complexity index is 1640. The van der Waals surface area contributed by atoms with Gasteiger partial charge in [0.25, 0.3) is 0 Å². The number of nitrogens with zero attached hydrogens (tertiary/aromatic N) is 7. The first kappa shape index (κ1) is 25.3. The third-order valence-corrected chi connectivity index (χ3v) is 8.72. The van der Waals surface area contributed by atoms with Gasteiger partial charge in [-0.05, 0) is 56.1 Å². The molecule has 3 aromatic heterocycles. The predicted octanol–water partition coefficient (Wildman–Crippen LogP) is 5.89. The average Bonchev–Trinajstić information content (AvgIpc) is 3.83. The number of nitriles is 2. The van der Waals surface area contributed by atoms with Gasteiger partial charge in [0, 0.05) is 23.8 Å². The summed E-state index contributed by atoms with van der Waals surface area (Å²) in [4.78, 5) is 10.0. The van der Waals surface area contributed by atoms with Crippen molar-refractivity contribution >= 4 is 33.6 Å². The zero-order valence-corrected chi connectivity index (χ0v) is 23.4. The largest absolute Gasteiger partial charge is 0.383 e. The Labute approximate surface area is 231 Å². The number of anilines is 2. The number of hydrogen-bond donors (Lipinski definition) is 2. The van der Waals surface area contributed by atoms with Crippen LogP contribution in [0.2, 0.25) is 0 Å². The molecule has 1 atom stereocenters. The van der Waals surface area contributed by atoms with E-state index >= 15 is 0 Å². The Balaban J connectivity index is 1.43. The first-order chi connectivity index (χ1) is 18.7. The minimum atomic E-state index is -0.289. The van der Waals surface area contributed by atoms with Crippen molar-refractivity contribution in [1.29, 1.82) is 10.5 Å². The van der Waals surface area contributed by atoms with Crippen LogP contribution in [-0.2, 0) is 5.54 Å². The second-order valence-electron chi connectivity index (χ2n) is 11.9. The van der Waals surface area contributed by atoms with Gasteiger partial charge in [0.2, 0.25) is 0 Å². The summed E-state index contributed by atoms with van der Waals surface area (Å²) in [5.74, 6) is 0.711. The van der Waals surface area contributed by atoms with Crippen molar-refractivity contribution in [2.45, 2.75) is 65.0 Å². The standard InChI is InChI=1S/C29H31N9S/c1-17-27(39-16-34-17)26(23-14-38(37-36-23)29(7-8-29)20-5-6-20)35-21-9-18(11-30)24-22(10-21)25(19(12-31)13-32-24)33-15-28(2,3)4/h9-10,13-14,16,20,26,35H,5-8,15H2,1-4H3,(H,32,33)/t26-/m1/s1. The van der Waals surface area contributed by atoms with Crippen molar-refractivity contribution in [3.8, 4) is 12.1 Å². The summed E-state index contributed by atoms with van der Waals surface area (Å²) in [7, 11) is 0. The number of benzene rings is 1. The van der Waals surface area contributed by atoms with E-state index in [0.29, 0.717) is 34.8 Å². The molecule has 0 spiro atoms. The lowest BCUT2D eigenvalue weighted by molar-refractivity contribution is 0.371. The molecule has 2 aliphatic carbocycles. The van der Waals surface area contributed by atoms with Gasteiger partial charge in [0.1, 0.15) is 23.9 Å². The van der Waals surface area contributed by atoms with Crippen LogP contribution < -0.4 is 10.6 Å². The maximum Gasteiger partial charge on any atom is 0.110 e. The molecule has 9 nitrogen and oxygen atoms in total. The molecule has 198 valence electrons. The van der Waals surface area contributed by atoms with E-state index in [-0.39, 0.29) is 17.0 Å². The summed E-state index contributed by atoms with van der Waals surface area (Å²) >= 11 is 1.57. The number of pyridine rings is 1. The van der Waals surface area contributed by atoms with Crippen molar-refractivity contribution in [1.82, 2.24) is 25.0 Å². The summed E-state index contributed by atoms with van der Waals surface area (Å²) in [5, 5.41) is 36.9. The van der Waals surface area contributed by atoms with Crippen LogP contribution in [-0.4, -0.2) is 31.5 Å². The van der Waals surface area contributed by atoms with Gasteiger partial charge in [0.05, 0.1) is 50.1 Å². The molecule has 10 heteroatoms.